The third-order valence-corrected chi connectivity index (χ3v) is 4.10. The molecule has 1 heterocycles. The maximum Gasteiger partial charge on any atom is 0.339 e. The predicted octanol–water partition coefficient (Wildman–Crippen LogP) is 3.77. The third kappa shape index (κ3) is 2.11. The highest BCUT2D eigenvalue weighted by Crippen LogP contribution is 2.32. The first-order valence-corrected chi connectivity index (χ1v) is 7.43. The summed E-state index contributed by atoms with van der Waals surface area (Å²) in [4.78, 5) is 12.0. The Morgan fingerprint density at radius 3 is 2.85 bits per heavy atom. The normalized spacial score (nSPS) is 13.7. The van der Waals surface area contributed by atoms with E-state index in [1.807, 2.05) is 19.1 Å². The molecular formula is C17H20O3. The van der Waals surface area contributed by atoms with Crippen molar-refractivity contribution >= 4 is 11.0 Å². The van der Waals surface area contributed by atoms with Crippen molar-refractivity contribution in [3.8, 4) is 5.75 Å². The van der Waals surface area contributed by atoms with E-state index in [-0.39, 0.29) is 5.63 Å². The number of benzene rings is 1. The molecule has 0 saturated heterocycles. The molecule has 0 N–H and O–H groups in total. The Labute approximate surface area is 118 Å². The van der Waals surface area contributed by atoms with Crippen molar-refractivity contribution in [2.24, 2.45) is 0 Å². The molecule has 1 aromatic carbocycles. The van der Waals surface area contributed by atoms with Gasteiger partial charge in [0, 0.05) is 16.5 Å². The SMILES string of the molecule is CCCCOc1ccc2c3c(c(=O)oc2c1C)CCC3. The van der Waals surface area contributed by atoms with Crippen molar-refractivity contribution < 1.29 is 9.15 Å². The van der Waals surface area contributed by atoms with Gasteiger partial charge in [-0.25, -0.2) is 4.79 Å². The second-order valence-corrected chi connectivity index (χ2v) is 5.47. The average molecular weight is 272 g/mol. The fraction of sp³-hybridized carbons (Fsp3) is 0.471. The van der Waals surface area contributed by atoms with E-state index < -0.39 is 0 Å². The van der Waals surface area contributed by atoms with Crippen LogP contribution in [0.3, 0.4) is 0 Å². The van der Waals surface area contributed by atoms with Gasteiger partial charge in [-0.3, -0.25) is 0 Å². The van der Waals surface area contributed by atoms with Crippen LogP contribution in [0.15, 0.2) is 21.3 Å². The molecule has 0 amide bonds. The first-order valence-electron chi connectivity index (χ1n) is 7.43. The van der Waals surface area contributed by atoms with Crippen LogP contribution in [0.5, 0.6) is 5.75 Å². The molecule has 0 unspecified atom stereocenters. The Bertz CT molecular complexity index is 697. The van der Waals surface area contributed by atoms with Crippen LogP contribution >= 0.6 is 0 Å². The molecule has 0 fully saturated rings. The number of unbranched alkanes of at least 4 members (excludes halogenated alkanes) is 1. The van der Waals surface area contributed by atoms with Crippen molar-refractivity contribution in [1.82, 2.24) is 0 Å². The second kappa shape index (κ2) is 5.31. The van der Waals surface area contributed by atoms with Gasteiger partial charge in [-0.2, -0.15) is 0 Å². The number of fused-ring (bicyclic) bond motifs is 3. The van der Waals surface area contributed by atoms with Gasteiger partial charge in [0.2, 0.25) is 0 Å². The van der Waals surface area contributed by atoms with Crippen LogP contribution in [0.25, 0.3) is 11.0 Å². The quantitative estimate of drug-likeness (QED) is 0.628. The first-order chi connectivity index (χ1) is 9.72. The summed E-state index contributed by atoms with van der Waals surface area (Å²) in [6.07, 6.45) is 5.02. The molecule has 0 saturated carbocycles. The molecule has 1 aliphatic rings. The minimum Gasteiger partial charge on any atom is -0.493 e. The van der Waals surface area contributed by atoms with E-state index in [1.165, 1.54) is 5.56 Å². The lowest BCUT2D eigenvalue weighted by Crippen LogP contribution is -2.08. The lowest BCUT2D eigenvalue weighted by atomic mass is 10.0. The minimum absolute atomic E-state index is 0.168. The smallest absolute Gasteiger partial charge is 0.339 e. The second-order valence-electron chi connectivity index (χ2n) is 5.47. The zero-order chi connectivity index (χ0) is 14.1. The van der Waals surface area contributed by atoms with Gasteiger partial charge in [0.15, 0.2) is 0 Å². The van der Waals surface area contributed by atoms with Gasteiger partial charge in [0.25, 0.3) is 0 Å². The van der Waals surface area contributed by atoms with Gasteiger partial charge < -0.3 is 9.15 Å². The standard InChI is InChI=1S/C17H20O3/c1-3-4-10-19-15-9-8-13-12-6-5-7-14(12)17(18)20-16(13)11(15)2/h8-9H,3-7,10H2,1-2H3. The molecule has 0 spiro atoms. The monoisotopic (exact) mass is 272 g/mol. The highest BCUT2D eigenvalue weighted by Gasteiger charge is 2.21. The van der Waals surface area contributed by atoms with Gasteiger partial charge in [-0.15, -0.1) is 0 Å². The number of ether oxygens (including phenoxy) is 1. The summed E-state index contributed by atoms with van der Waals surface area (Å²) in [5.41, 5.74) is 3.52. The van der Waals surface area contributed by atoms with E-state index in [0.717, 1.165) is 54.4 Å². The van der Waals surface area contributed by atoms with Crippen LogP contribution in [0.4, 0.5) is 0 Å². The van der Waals surface area contributed by atoms with Crippen LogP contribution in [0, 0.1) is 6.92 Å². The summed E-state index contributed by atoms with van der Waals surface area (Å²) < 4.78 is 11.3. The molecule has 0 radical (unpaired) electrons. The topological polar surface area (TPSA) is 39.4 Å². The summed E-state index contributed by atoms with van der Waals surface area (Å²) in [6, 6.07) is 4.04. The van der Waals surface area contributed by atoms with Gasteiger partial charge in [-0.1, -0.05) is 13.3 Å². The van der Waals surface area contributed by atoms with Crippen molar-refractivity contribution in [2.45, 2.75) is 46.0 Å². The summed E-state index contributed by atoms with van der Waals surface area (Å²) >= 11 is 0. The Kier molecular flexibility index (Phi) is 3.51. The van der Waals surface area contributed by atoms with Gasteiger partial charge in [-0.05, 0) is 50.3 Å². The van der Waals surface area contributed by atoms with Crippen LogP contribution in [0.2, 0.25) is 0 Å². The number of aryl methyl sites for hydroxylation is 2. The maximum atomic E-state index is 12.0. The summed E-state index contributed by atoms with van der Waals surface area (Å²) in [7, 11) is 0. The highest BCUT2D eigenvalue weighted by atomic mass is 16.5. The molecule has 0 aliphatic heterocycles. The average Bonchev–Trinajstić information content (AvgIpc) is 2.93. The lowest BCUT2D eigenvalue weighted by molar-refractivity contribution is 0.307. The molecule has 2 aromatic rings. The minimum atomic E-state index is -0.168. The molecule has 3 nitrogen and oxygen atoms in total. The molecular weight excluding hydrogens is 252 g/mol. The van der Waals surface area contributed by atoms with Crippen LogP contribution in [0.1, 0.15) is 42.9 Å². The van der Waals surface area contributed by atoms with Crippen molar-refractivity contribution in [2.75, 3.05) is 6.61 Å². The Morgan fingerprint density at radius 1 is 1.25 bits per heavy atom. The van der Waals surface area contributed by atoms with Gasteiger partial charge in [0.05, 0.1) is 6.61 Å². The molecule has 3 rings (SSSR count). The molecule has 1 aromatic heterocycles. The fourth-order valence-electron chi connectivity index (χ4n) is 2.95. The van der Waals surface area contributed by atoms with Crippen LogP contribution in [-0.4, -0.2) is 6.61 Å². The Hall–Kier alpha value is -1.77. The molecule has 0 atom stereocenters. The first kappa shape index (κ1) is 13.2. The highest BCUT2D eigenvalue weighted by molar-refractivity contribution is 5.86. The van der Waals surface area contributed by atoms with E-state index >= 15 is 0 Å². The molecule has 3 heteroatoms. The van der Waals surface area contributed by atoms with E-state index in [0.29, 0.717) is 12.2 Å². The summed E-state index contributed by atoms with van der Waals surface area (Å²) in [6.45, 7) is 4.81. The van der Waals surface area contributed by atoms with Crippen molar-refractivity contribution in [3.63, 3.8) is 0 Å². The van der Waals surface area contributed by atoms with Gasteiger partial charge in [0.1, 0.15) is 11.3 Å². The zero-order valence-corrected chi connectivity index (χ0v) is 12.1. The molecule has 0 bridgehead atoms. The van der Waals surface area contributed by atoms with Crippen molar-refractivity contribution in [1.29, 1.82) is 0 Å². The van der Waals surface area contributed by atoms with Crippen LogP contribution < -0.4 is 10.4 Å². The fourth-order valence-corrected chi connectivity index (χ4v) is 2.95. The zero-order valence-electron chi connectivity index (χ0n) is 12.1. The lowest BCUT2D eigenvalue weighted by Gasteiger charge is -2.12. The van der Waals surface area contributed by atoms with E-state index in [9.17, 15) is 4.79 Å². The van der Waals surface area contributed by atoms with E-state index in [4.69, 9.17) is 9.15 Å². The van der Waals surface area contributed by atoms with Gasteiger partial charge >= 0.3 is 5.63 Å². The van der Waals surface area contributed by atoms with E-state index in [1.54, 1.807) is 0 Å². The summed E-state index contributed by atoms with van der Waals surface area (Å²) in [5, 5.41) is 1.08. The Morgan fingerprint density at radius 2 is 2.05 bits per heavy atom. The maximum absolute atomic E-state index is 12.0. The summed E-state index contributed by atoms with van der Waals surface area (Å²) in [5.74, 6) is 0.826. The van der Waals surface area contributed by atoms with Crippen molar-refractivity contribution in [3.05, 3.63) is 39.2 Å². The number of hydrogen-bond acceptors (Lipinski definition) is 3. The molecule has 106 valence electrons. The molecule has 1 aliphatic carbocycles. The van der Waals surface area contributed by atoms with Crippen LogP contribution in [-0.2, 0) is 12.8 Å². The van der Waals surface area contributed by atoms with E-state index in [2.05, 4.69) is 6.92 Å². The molecule has 20 heavy (non-hydrogen) atoms. The Balaban J connectivity index is 2.09. The predicted molar refractivity (Wildman–Crippen MR) is 79.6 cm³/mol. The third-order valence-electron chi connectivity index (χ3n) is 4.10. The largest absolute Gasteiger partial charge is 0.493 e. The number of hydrogen-bond donors (Lipinski definition) is 0. The number of rotatable bonds is 4.